The Bertz CT molecular complexity index is 291. The van der Waals surface area contributed by atoms with Crippen molar-refractivity contribution in [2.75, 3.05) is 6.61 Å². The van der Waals surface area contributed by atoms with Crippen LogP contribution in [0.4, 0.5) is 0 Å². The number of pyridine rings is 1. The highest BCUT2D eigenvalue weighted by Gasteiger charge is 2.17. The molecular formula is C11H16N2O. The van der Waals surface area contributed by atoms with E-state index in [1.807, 2.05) is 32.0 Å². The summed E-state index contributed by atoms with van der Waals surface area (Å²) in [6.07, 6.45) is 4.25. The molecule has 1 N–H and O–H groups in total. The van der Waals surface area contributed by atoms with Crippen molar-refractivity contribution < 1.29 is 5.11 Å². The fraction of sp³-hybridized carbons (Fsp3) is 0.455. The number of aliphatic imine (C=N–C) groups is 1. The molecule has 3 heteroatoms. The van der Waals surface area contributed by atoms with Crippen LogP contribution in [-0.4, -0.2) is 28.5 Å². The number of aliphatic hydroxyl groups excluding tert-OH is 1. The summed E-state index contributed by atoms with van der Waals surface area (Å²) >= 11 is 0. The molecule has 1 heterocycles. The summed E-state index contributed by atoms with van der Waals surface area (Å²) in [4.78, 5) is 8.44. The second-order valence-electron chi connectivity index (χ2n) is 3.52. The van der Waals surface area contributed by atoms with Gasteiger partial charge in [-0.05, 0) is 25.5 Å². The molecule has 76 valence electrons. The molecule has 1 aromatic heterocycles. The Morgan fingerprint density at radius 3 is 2.86 bits per heavy atom. The molecule has 0 amide bonds. The van der Waals surface area contributed by atoms with E-state index in [4.69, 9.17) is 5.11 Å². The maximum Gasteiger partial charge on any atom is 0.0808 e. The smallest absolute Gasteiger partial charge is 0.0808 e. The first kappa shape index (κ1) is 10.9. The summed E-state index contributed by atoms with van der Waals surface area (Å²) < 4.78 is 0. The van der Waals surface area contributed by atoms with E-state index < -0.39 is 0 Å². The Kier molecular flexibility index (Phi) is 3.77. The molecule has 0 aliphatic heterocycles. The molecule has 0 aliphatic rings. The summed E-state index contributed by atoms with van der Waals surface area (Å²) in [5.41, 5.74) is 0.443. The zero-order valence-corrected chi connectivity index (χ0v) is 8.64. The van der Waals surface area contributed by atoms with E-state index in [9.17, 15) is 0 Å². The van der Waals surface area contributed by atoms with Crippen LogP contribution < -0.4 is 0 Å². The van der Waals surface area contributed by atoms with Crippen molar-refractivity contribution >= 4 is 6.21 Å². The minimum Gasteiger partial charge on any atom is -0.394 e. The average Bonchev–Trinajstić information content (AvgIpc) is 2.27. The molecule has 1 aromatic rings. The van der Waals surface area contributed by atoms with Gasteiger partial charge < -0.3 is 5.11 Å². The van der Waals surface area contributed by atoms with Crippen LogP contribution in [0.1, 0.15) is 26.0 Å². The highest BCUT2D eigenvalue weighted by Crippen LogP contribution is 2.13. The maximum atomic E-state index is 9.13. The van der Waals surface area contributed by atoms with Crippen LogP contribution in [0.25, 0.3) is 0 Å². The van der Waals surface area contributed by atoms with Gasteiger partial charge in [-0.3, -0.25) is 9.98 Å². The molecule has 0 bridgehead atoms. The van der Waals surface area contributed by atoms with Crippen LogP contribution >= 0.6 is 0 Å². The lowest BCUT2D eigenvalue weighted by Gasteiger charge is -2.19. The minimum absolute atomic E-state index is 0.0623. The van der Waals surface area contributed by atoms with Gasteiger partial charge in [-0.15, -0.1) is 0 Å². The Hall–Kier alpha value is -1.22. The van der Waals surface area contributed by atoms with Crippen molar-refractivity contribution in [1.82, 2.24) is 4.98 Å². The number of rotatable bonds is 4. The Balaban J connectivity index is 2.72. The number of aromatic nitrogens is 1. The zero-order valence-electron chi connectivity index (χ0n) is 8.64. The third-order valence-corrected chi connectivity index (χ3v) is 2.30. The highest BCUT2D eigenvalue weighted by molar-refractivity contribution is 5.77. The first-order chi connectivity index (χ1) is 6.70. The largest absolute Gasteiger partial charge is 0.394 e. The number of hydrogen-bond donors (Lipinski definition) is 1. The summed E-state index contributed by atoms with van der Waals surface area (Å²) in [7, 11) is 0. The van der Waals surface area contributed by atoms with Gasteiger partial charge in [0.05, 0.1) is 17.8 Å². The van der Waals surface area contributed by atoms with Gasteiger partial charge in [-0.1, -0.05) is 13.0 Å². The fourth-order valence-corrected chi connectivity index (χ4v) is 0.918. The standard InChI is InChI=1S/C11H16N2O/c1-3-11(2,9-14)13-8-10-6-4-5-7-12-10/h4-8,14H,3,9H2,1-2H3/t11-/m0/s1. The second kappa shape index (κ2) is 4.86. The van der Waals surface area contributed by atoms with E-state index in [1.165, 1.54) is 0 Å². The Morgan fingerprint density at radius 1 is 1.57 bits per heavy atom. The van der Waals surface area contributed by atoms with Gasteiger partial charge >= 0.3 is 0 Å². The molecule has 0 aromatic carbocycles. The highest BCUT2D eigenvalue weighted by atomic mass is 16.3. The van der Waals surface area contributed by atoms with E-state index >= 15 is 0 Å². The van der Waals surface area contributed by atoms with Gasteiger partial charge in [0.15, 0.2) is 0 Å². The quantitative estimate of drug-likeness (QED) is 0.737. The molecule has 0 unspecified atom stereocenters. The lowest BCUT2D eigenvalue weighted by Crippen LogP contribution is -2.25. The van der Waals surface area contributed by atoms with Crippen LogP contribution in [0.2, 0.25) is 0 Å². The molecule has 0 saturated heterocycles. The molecule has 1 atom stereocenters. The summed E-state index contributed by atoms with van der Waals surface area (Å²) in [6.45, 7) is 3.99. The predicted octanol–water partition coefficient (Wildman–Crippen LogP) is 1.66. The molecule has 0 fully saturated rings. The second-order valence-corrected chi connectivity index (χ2v) is 3.52. The van der Waals surface area contributed by atoms with Gasteiger partial charge in [0.1, 0.15) is 0 Å². The first-order valence-electron chi connectivity index (χ1n) is 4.77. The van der Waals surface area contributed by atoms with Crippen molar-refractivity contribution in [2.45, 2.75) is 25.8 Å². The van der Waals surface area contributed by atoms with Crippen molar-refractivity contribution in [3.63, 3.8) is 0 Å². The van der Waals surface area contributed by atoms with Crippen LogP contribution in [-0.2, 0) is 0 Å². The number of nitrogens with zero attached hydrogens (tertiary/aromatic N) is 2. The lowest BCUT2D eigenvalue weighted by atomic mass is 10.0. The normalized spacial score (nSPS) is 15.6. The van der Waals surface area contributed by atoms with Crippen molar-refractivity contribution in [3.05, 3.63) is 30.1 Å². The molecule has 14 heavy (non-hydrogen) atoms. The van der Waals surface area contributed by atoms with Crippen molar-refractivity contribution in [1.29, 1.82) is 0 Å². The zero-order chi connectivity index (χ0) is 10.4. The van der Waals surface area contributed by atoms with E-state index in [0.717, 1.165) is 12.1 Å². The van der Waals surface area contributed by atoms with Gasteiger partial charge in [0, 0.05) is 12.4 Å². The van der Waals surface area contributed by atoms with Crippen LogP contribution in [0.5, 0.6) is 0 Å². The molecule has 3 nitrogen and oxygen atoms in total. The van der Waals surface area contributed by atoms with E-state index in [1.54, 1.807) is 12.4 Å². The summed E-state index contributed by atoms with van der Waals surface area (Å²) in [5, 5.41) is 9.13. The van der Waals surface area contributed by atoms with Gasteiger partial charge in [-0.2, -0.15) is 0 Å². The molecule has 0 saturated carbocycles. The number of hydrogen-bond acceptors (Lipinski definition) is 3. The third kappa shape index (κ3) is 2.92. The van der Waals surface area contributed by atoms with Crippen molar-refractivity contribution in [2.24, 2.45) is 4.99 Å². The van der Waals surface area contributed by atoms with Crippen LogP contribution in [0.15, 0.2) is 29.4 Å². The average molecular weight is 192 g/mol. The third-order valence-electron chi connectivity index (χ3n) is 2.30. The molecule has 0 aliphatic carbocycles. The van der Waals surface area contributed by atoms with Gasteiger partial charge in [0.25, 0.3) is 0 Å². The van der Waals surface area contributed by atoms with E-state index in [-0.39, 0.29) is 12.1 Å². The SMILES string of the molecule is CC[C@@](C)(CO)N=Cc1ccccn1. The van der Waals surface area contributed by atoms with E-state index in [2.05, 4.69) is 9.98 Å². The van der Waals surface area contributed by atoms with Gasteiger partial charge in [-0.25, -0.2) is 0 Å². The minimum atomic E-state index is -0.377. The lowest BCUT2D eigenvalue weighted by molar-refractivity contribution is 0.207. The fourth-order valence-electron chi connectivity index (χ4n) is 0.918. The first-order valence-corrected chi connectivity index (χ1v) is 4.77. The number of aliphatic hydroxyl groups is 1. The molecule has 0 radical (unpaired) electrons. The predicted molar refractivity (Wildman–Crippen MR) is 57.6 cm³/mol. The monoisotopic (exact) mass is 192 g/mol. The van der Waals surface area contributed by atoms with Crippen molar-refractivity contribution in [3.8, 4) is 0 Å². The summed E-state index contributed by atoms with van der Waals surface area (Å²) in [6, 6.07) is 5.66. The van der Waals surface area contributed by atoms with Crippen LogP contribution in [0, 0.1) is 0 Å². The molecule has 0 spiro atoms. The summed E-state index contributed by atoms with van der Waals surface area (Å²) in [5.74, 6) is 0. The van der Waals surface area contributed by atoms with Crippen LogP contribution in [0.3, 0.4) is 0 Å². The topological polar surface area (TPSA) is 45.5 Å². The molecular weight excluding hydrogens is 176 g/mol. The van der Waals surface area contributed by atoms with Gasteiger partial charge in [0.2, 0.25) is 0 Å². The Morgan fingerprint density at radius 2 is 2.36 bits per heavy atom. The molecule has 1 rings (SSSR count). The van der Waals surface area contributed by atoms with E-state index in [0.29, 0.717) is 0 Å². The maximum absolute atomic E-state index is 9.13. The Labute approximate surface area is 84.5 Å².